The Morgan fingerprint density at radius 3 is 2.24 bits per heavy atom. The van der Waals surface area contributed by atoms with E-state index < -0.39 is 12.1 Å². The predicted octanol–water partition coefficient (Wildman–Crippen LogP) is 4.58. The molecule has 4 heteroatoms. The molecule has 1 aliphatic carbocycles. The molecule has 2 rings (SSSR count). The van der Waals surface area contributed by atoms with E-state index in [-0.39, 0.29) is 18.9 Å². The third-order valence-corrected chi connectivity index (χ3v) is 4.57. The molecule has 1 aromatic carbocycles. The Kier molecular flexibility index (Phi) is 5.68. The van der Waals surface area contributed by atoms with Crippen molar-refractivity contribution in [1.82, 2.24) is 5.32 Å². The molecule has 118 valence electrons. The van der Waals surface area contributed by atoms with Crippen LogP contribution in [0.1, 0.15) is 38.2 Å². The van der Waals surface area contributed by atoms with E-state index in [1.807, 2.05) is 18.2 Å². The van der Waals surface area contributed by atoms with Gasteiger partial charge in [0.05, 0.1) is 5.92 Å². The molecule has 1 fully saturated rings. The lowest BCUT2D eigenvalue weighted by Gasteiger charge is -2.35. The van der Waals surface area contributed by atoms with Gasteiger partial charge in [0.25, 0.3) is 0 Å². The van der Waals surface area contributed by atoms with Crippen LogP contribution in [-0.4, -0.2) is 18.8 Å². The van der Waals surface area contributed by atoms with E-state index in [1.54, 1.807) is 0 Å². The van der Waals surface area contributed by atoms with E-state index in [4.69, 9.17) is 0 Å². The first-order valence-corrected chi connectivity index (χ1v) is 7.84. The first kappa shape index (κ1) is 16.3. The molecule has 0 saturated heterocycles. The van der Waals surface area contributed by atoms with Gasteiger partial charge in [-0.2, -0.15) is 13.2 Å². The highest BCUT2D eigenvalue weighted by atomic mass is 19.4. The topological polar surface area (TPSA) is 12.0 Å². The zero-order valence-electron chi connectivity index (χ0n) is 12.5. The van der Waals surface area contributed by atoms with Gasteiger partial charge in [0, 0.05) is 6.04 Å². The second kappa shape index (κ2) is 7.30. The number of likely N-dealkylation sites (N-methyl/N-ethyl adjacent to an activating group) is 1. The second-order valence-electron chi connectivity index (χ2n) is 6.01. The molecule has 21 heavy (non-hydrogen) atoms. The molecule has 0 heterocycles. The lowest BCUT2D eigenvalue weighted by Crippen LogP contribution is -2.41. The Labute approximate surface area is 124 Å². The molecular formula is C17H24F3N. The fraction of sp³-hybridized carbons (Fsp3) is 0.647. The largest absolute Gasteiger partial charge is 0.391 e. The van der Waals surface area contributed by atoms with Gasteiger partial charge in [-0.25, -0.2) is 0 Å². The summed E-state index contributed by atoms with van der Waals surface area (Å²) in [6.45, 7) is 2.91. The summed E-state index contributed by atoms with van der Waals surface area (Å²) >= 11 is 0. The van der Waals surface area contributed by atoms with E-state index in [9.17, 15) is 13.2 Å². The van der Waals surface area contributed by atoms with Crippen LogP contribution in [0.2, 0.25) is 0 Å². The van der Waals surface area contributed by atoms with E-state index in [0.29, 0.717) is 18.8 Å². The van der Waals surface area contributed by atoms with Crippen molar-refractivity contribution in [3.63, 3.8) is 0 Å². The summed E-state index contributed by atoms with van der Waals surface area (Å²) in [4.78, 5) is 0. The van der Waals surface area contributed by atoms with Crippen LogP contribution in [0.3, 0.4) is 0 Å². The molecule has 1 aliphatic rings. The zero-order valence-corrected chi connectivity index (χ0v) is 12.5. The third-order valence-electron chi connectivity index (χ3n) is 4.57. The first-order chi connectivity index (χ1) is 10.0. The molecule has 0 bridgehead atoms. The fourth-order valence-corrected chi connectivity index (χ4v) is 3.38. The molecule has 1 nitrogen and oxygen atoms in total. The van der Waals surface area contributed by atoms with Gasteiger partial charge in [0.1, 0.15) is 0 Å². The lowest BCUT2D eigenvalue weighted by atomic mass is 9.77. The van der Waals surface area contributed by atoms with E-state index in [0.717, 1.165) is 13.0 Å². The lowest BCUT2D eigenvalue weighted by molar-refractivity contribution is -0.184. The fourth-order valence-electron chi connectivity index (χ4n) is 3.38. The average Bonchev–Trinajstić information content (AvgIpc) is 2.47. The maximum Gasteiger partial charge on any atom is 0.391 e. The van der Waals surface area contributed by atoms with Gasteiger partial charge in [0.15, 0.2) is 0 Å². The minimum absolute atomic E-state index is 0.283. The number of nitrogens with one attached hydrogen (secondary N) is 1. The minimum atomic E-state index is -4.02. The Bertz CT molecular complexity index is 408. The SMILES string of the molecule is CCNC(Cc1ccccc1)C1CCC(C(F)(F)F)CC1. The summed E-state index contributed by atoms with van der Waals surface area (Å²) < 4.78 is 38.2. The van der Waals surface area contributed by atoms with Crippen molar-refractivity contribution in [3.8, 4) is 0 Å². The van der Waals surface area contributed by atoms with Crippen LogP contribution in [0.25, 0.3) is 0 Å². The Morgan fingerprint density at radius 1 is 1.10 bits per heavy atom. The normalized spacial score (nSPS) is 24.8. The molecule has 0 aliphatic heterocycles. The van der Waals surface area contributed by atoms with Crippen molar-refractivity contribution < 1.29 is 13.2 Å². The Balaban J connectivity index is 1.94. The highest BCUT2D eigenvalue weighted by molar-refractivity contribution is 5.16. The van der Waals surface area contributed by atoms with Crippen LogP contribution in [0.5, 0.6) is 0 Å². The maximum atomic E-state index is 12.7. The second-order valence-corrected chi connectivity index (χ2v) is 6.01. The highest BCUT2D eigenvalue weighted by Gasteiger charge is 2.42. The number of benzene rings is 1. The van der Waals surface area contributed by atoms with Gasteiger partial charge in [-0.05, 0) is 50.1 Å². The number of hydrogen-bond acceptors (Lipinski definition) is 1. The number of hydrogen-bond donors (Lipinski definition) is 1. The van der Waals surface area contributed by atoms with Crippen molar-refractivity contribution in [1.29, 1.82) is 0 Å². The van der Waals surface area contributed by atoms with Crippen LogP contribution < -0.4 is 5.32 Å². The summed E-state index contributed by atoms with van der Waals surface area (Å²) in [5, 5.41) is 3.47. The quantitative estimate of drug-likeness (QED) is 0.839. The van der Waals surface area contributed by atoms with Crippen LogP contribution in [0.15, 0.2) is 30.3 Å². The first-order valence-electron chi connectivity index (χ1n) is 7.84. The summed E-state index contributed by atoms with van der Waals surface area (Å²) in [5.41, 5.74) is 1.25. The van der Waals surface area contributed by atoms with E-state index >= 15 is 0 Å². The molecule has 1 saturated carbocycles. The van der Waals surface area contributed by atoms with E-state index in [2.05, 4.69) is 24.4 Å². The maximum absolute atomic E-state index is 12.7. The van der Waals surface area contributed by atoms with Crippen LogP contribution in [0, 0.1) is 11.8 Å². The average molecular weight is 299 g/mol. The predicted molar refractivity (Wildman–Crippen MR) is 79.1 cm³/mol. The van der Waals surface area contributed by atoms with Crippen LogP contribution >= 0.6 is 0 Å². The number of alkyl halides is 3. The monoisotopic (exact) mass is 299 g/mol. The molecule has 0 radical (unpaired) electrons. The van der Waals surface area contributed by atoms with Crippen molar-refractivity contribution >= 4 is 0 Å². The van der Waals surface area contributed by atoms with Gasteiger partial charge in [-0.1, -0.05) is 37.3 Å². The molecule has 1 N–H and O–H groups in total. The zero-order chi connectivity index (χ0) is 15.3. The molecule has 1 unspecified atom stereocenters. The van der Waals surface area contributed by atoms with Gasteiger partial charge in [0.2, 0.25) is 0 Å². The standard InChI is InChI=1S/C17H24F3N/c1-2-21-16(12-13-6-4-3-5-7-13)14-8-10-15(11-9-14)17(18,19)20/h3-7,14-16,21H,2,8-12H2,1H3. The van der Waals surface area contributed by atoms with Crippen molar-refractivity contribution in [2.75, 3.05) is 6.54 Å². The molecule has 1 aromatic rings. The summed E-state index contributed by atoms with van der Waals surface area (Å²) in [5.74, 6) is -0.739. The minimum Gasteiger partial charge on any atom is -0.314 e. The third kappa shape index (κ3) is 4.73. The summed E-state index contributed by atoms with van der Waals surface area (Å²) in [6.07, 6.45) is -1.20. The molecule has 0 aromatic heterocycles. The van der Waals surface area contributed by atoms with Crippen molar-refractivity contribution in [3.05, 3.63) is 35.9 Å². The molecule has 0 amide bonds. The van der Waals surface area contributed by atoms with E-state index in [1.165, 1.54) is 5.56 Å². The highest BCUT2D eigenvalue weighted by Crippen LogP contribution is 2.40. The smallest absolute Gasteiger partial charge is 0.314 e. The van der Waals surface area contributed by atoms with Gasteiger partial charge >= 0.3 is 6.18 Å². The number of halogens is 3. The van der Waals surface area contributed by atoms with Gasteiger partial charge in [-0.15, -0.1) is 0 Å². The molecular weight excluding hydrogens is 275 g/mol. The van der Waals surface area contributed by atoms with Crippen LogP contribution in [-0.2, 0) is 6.42 Å². The Hall–Kier alpha value is -1.03. The van der Waals surface area contributed by atoms with Crippen LogP contribution in [0.4, 0.5) is 13.2 Å². The van der Waals surface area contributed by atoms with Gasteiger partial charge < -0.3 is 5.32 Å². The van der Waals surface area contributed by atoms with Crippen molar-refractivity contribution in [2.45, 2.75) is 51.2 Å². The van der Waals surface area contributed by atoms with Crippen molar-refractivity contribution in [2.24, 2.45) is 11.8 Å². The molecule has 1 atom stereocenters. The number of rotatable bonds is 5. The summed E-state index contributed by atoms with van der Waals surface area (Å²) in [6, 6.07) is 10.5. The Morgan fingerprint density at radius 2 is 1.71 bits per heavy atom. The van der Waals surface area contributed by atoms with Gasteiger partial charge in [-0.3, -0.25) is 0 Å². The molecule has 0 spiro atoms. The summed E-state index contributed by atoms with van der Waals surface area (Å²) in [7, 11) is 0.